The van der Waals surface area contributed by atoms with Crippen molar-refractivity contribution in [1.29, 1.82) is 0 Å². The van der Waals surface area contributed by atoms with Gasteiger partial charge in [-0.25, -0.2) is 0 Å². The van der Waals surface area contributed by atoms with E-state index in [2.05, 4.69) is 15.9 Å². The Kier molecular flexibility index (Phi) is 5.06. The molecule has 0 saturated carbocycles. The molecule has 0 spiro atoms. The Morgan fingerprint density at radius 1 is 1.17 bits per heavy atom. The van der Waals surface area contributed by atoms with Crippen molar-refractivity contribution in [3.8, 4) is 0 Å². The largest absolute Gasteiger partial charge is 0.337 e. The Hall–Kier alpha value is -2.33. The van der Waals surface area contributed by atoms with Crippen molar-refractivity contribution in [2.75, 3.05) is 7.05 Å². The second-order valence-corrected chi connectivity index (χ2v) is 7.17. The summed E-state index contributed by atoms with van der Waals surface area (Å²) in [5.74, 6) is -0.527. The van der Waals surface area contributed by atoms with Crippen LogP contribution in [0.2, 0.25) is 0 Å². The van der Waals surface area contributed by atoms with Gasteiger partial charge in [0.25, 0.3) is 17.3 Å². The second-order valence-electron chi connectivity index (χ2n) is 4.62. The fourth-order valence-corrected chi connectivity index (χ4v) is 3.43. The van der Waals surface area contributed by atoms with Gasteiger partial charge >= 0.3 is 0 Å². The summed E-state index contributed by atoms with van der Waals surface area (Å²) < 4.78 is 0.916. The zero-order chi connectivity index (χ0) is 17.1. The summed E-state index contributed by atoms with van der Waals surface area (Å²) >= 11 is 4.77. The van der Waals surface area contributed by atoms with E-state index in [9.17, 15) is 25.0 Å². The molecule has 0 aliphatic rings. The van der Waals surface area contributed by atoms with Crippen molar-refractivity contribution in [1.82, 2.24) is 4.90 Å². The van der Waals surface area contributed by atoms with E-state index < -0.39 is 27.1 Å². The van der Waals surface area contributed by atoms with Crippen LogP contribution < -0.4 is 0 Å². The second kappa shape index (κ2) is 6.84. The summed E-state index contributed by atoms with van der Waals surface area (Å²) in [6.07, 6.45) is 0. The number of carbonyl (C=O) groups excluding carboxylic acids is 1. The Bertz CT molecular complexity index is 759. The maximum atomic E-state index is 12.4. The number of nitro benzene ring substituents is 2. The van der Waals surface area contributed by atoms with Gasteiger partial charge in [-0.05, 0) is 28.1 Å². The molecule has 120 valence electrons. The smallest absolute Gasteiger partial charge is 0.277 e. The summed E-state index contributed by atoms with van der Waals surface area (Å²) in [4.78, 5) is 34.8. The highest BCUT2D eigenvalue weighted by atomic mass is 79.9. The van der Waals surface area contributed by atoms with Crippen LogP contribution in [0, 0.1) is 20.2 Å². The minimum Gasteiger partial charge on any atom is -0.337 e. The van der Waals surface area contributed by atoms with Gasteiger partial charge in [-0.2, -0.15) is 0 Å². The average molecular weight is 400 g/mol. The maximum absolute atomic E-state index is 12.4. The van der Waals surface area contributed by atoms with E-state index in [0.717, 1.165) is 26.9 Å². The lowest BCUT2D eigenvalue weighted by Crippen LogP contribution is -2.25. The number of nitro groups is 2. The van der Waals surface area contributed by atoms with Gasteiger partial charge in [0.15, 0.2) is 0 Å². The molecule has 1 heterocycles. The first-order valence-corrected chi connectivity index (χ1v) is 7.82. The molecule has 0 saturated heterocycles. The third kappa shape index (κ3) is 4.11. The molecule has 1 aromatic carbocycles. The van der Waals surface area contributed by atoms with Crippen molar-refractivity contribution >= 4 is 44.5 Å². The molecule has 0 aliphatic carbocycles. The third-order valence-electron chi connectivity index (χ3n) is 2.94. The van der Waals surface area contributed by atoms with Gasteiger partial charge in [-0.3, -0.25) is 25.0 Å². The van der Waals surface area contributed by atoms with Crippen LogP contribution in [0.1, 0.15) is 15.2 Å². The molecular weight excluding hydrogens is 390 g/mol. The SMILES string of the molecule is CN(Cc1ccc(Br)s1)C(=O)c1cc([N+](=O)[O-])cc([N+](=O)[O-])c1. The van der Waals surface area contributed by atoms with Crippen molar-refractivity contribution < 1.29 is 14.6 Å². The Morgan fingerprint density at radius 2 is 1.74 bits per heavy atom. The normalized spacial score (nSPS) is 10.3. The molecule has 0 aliphatic heterocycles. The maximum Gasteiger partial charge on any atom is 0.277 e. The number of hydrogen-bond donors (Lipinski definition) is 0. The number of halogens is 1. The summed E-state index contributed by atoms with van der Waals surface area (Å²) in [7, 11) is 1.53. The van der Waals surface area contributed by atoms with E-state index in [1.165, 1.54) is 23.3 Å². The van der Waals surface area contributed by atoms with Crippen LogP contribution >= 0.6 is 27.3 Å². The molecular formula is C13H10BrN3O5S. The lowest BCUT2D eigenvalue weighted by Gasteiger charge is -2.16. The Balaban J connectivity index is 2.30. The quantitative estimate of drug-likeness (QED) is 0.563. The first-order chi connectivity index (χ1) is 10.8. The van der Waals surface area contributed by atoms with Crippen LogP contribution in [0.25, 0.3) is 0 Å². The van der Waals surface area contributed by atoms with E-state index in [0.29, 0.717) is 6.54 Å². The lowest BCUT2D eigenvalue weighted by molar-refractivity contribution is -0.394. The van der Waals surface area contributed by atoms with Crippen LogP contribution in [0.15, 0.2) is 34.1 Å². The Morgan fingerprint density at radius 3 is 2.17 bits per heavy atom. The molecule has 2 rings (SSSR count). The summed E-state index contributed by atoms with van der Waals surface area (Å²) in [6.45, 7) is 0.297. The topological polar surface area (TPSA) is 107 Å². The van der Waals surface area contributed by atoms with E-state index in [1.54, 1.807) is 0 Å². The van der Waals surface area contributed by atoms with Gasteiger partial charge in [0.05, 0.1) is 31.8 Å². The van der Waals surface area contributed by atoms with Crippen molar-refractivity contribution in [2.45, 2.75) is 6.54 Å². The first kappa shape index (κ1) is 17.0. The Labute approximate surface area is 142 Å². The molecule has 23 heavy (non-hydrogen) atoms. The highest BCUT2D eigenvalue weighted by molar-refractivity contribution is 9.11. The van der Waals surface area contributed by atoms with E-state index in [1.807, 2.05) is 12.1 Å². The van der Waals surface area contributed by atoms with Gasteiger partial charge in [-0.1, -0.05) is 0 Å². The van der Waals surface area contributed by atoms with E-state index in [4.69, 9.17) is 0 Å². The number of thiophene rings is 1. The molecule has 0 atom stereocenters. The minimum absolute atomic E-state index is 0.0935. The minimum atomic E-state index is -0.764. The molecule has 1 amide bonds. The van der Waals surface area contributed by atoms with Crippen LogP contribution in [0.4, 0.5) is 11.4 Å². The van der Waals surface area contributed by atoms with Crippen LogP contribution in [-0.4, -0.2) is 27.7 Å². The predicted molar refractivity (Wildman–Crippen MR) is 87.6 cm³/mol. The summed E-state index contributed by atoms with van der Waals surface area (Å²) in [5.41, 5.74) is -1.08. The average Bonchev–Trinajstić information content (AvgIpc) is 2.90. The predicted octanol–water partition coefficient (Wildman–Crippen LogP) is 3.60. The van der Waals surface area contributed by atoms with E-state index in [-0.39, 0.29) is 5.56 Å². The summed E-state index contributed by atoms with van der Waals surface area (Å²) in [6, 6.07) is 6.59. The monoisotopic (exact) mass is 399 g/mol. The van der Waals surface area contributed by atoms with Crippen LogP contribution in [0.5, 0.6) is 0 Å². The molecule has 1 aromatic heterocycles. The van der Waals surface area contributed by atoms with E-state index >= 15 is 0 Å². The van der Waals surface area contributed by atoms with Gasteiger partial charge in [0, 0.05) is 24.1 Å². The molecule has 0 bridgehead atoms. The number of carbonyl (C=O) groups is 1. The third-order valence-corrected chi connectivity index (χ3v) is 4.55. The molecule has 8 nitrogen and oxygen atoms in total. The standard InChI is InChI=1S/C13H10BrN3O5S/c1-15(7-11-2-3-12(14)23-11)13(18)8-4-9(16(19)20)6-10(5-8)17(21)22/h2-6H,7H2,1H3. The van der Waals surface area contributed by atoms with Crippen LogP contribution in [0.3, 0.4) is 0 Å². The van der Waals surface area contributed by atoms with Crippen LogP contribution in [-0.2, 0) is 6.54 Å². The fourth-order valence-electron chi connectivity index (χ4n) is 1.89. The highest BCUT2D eigenvalue weighted by Gasteiger charge is 2.22. The van der Waals surface area contributed by atoms with Crippen molar-refractivity contribution in [2.24, 2.45) is 0 Å². The lowest BCUT2D eigenvalue weighted by atomic mass is 10.1. The number of nitrogens with zero attached hydrogens (tertiary/aromatic N) is 3. The van der Waals surface area contributed by atoms with Gasteiger partial charge in [-0.15, -0.1) is 11.3 Å². The number of hydrogen-bond acceptors (Lipinski definition) is 6. The summed E-state index contributed by atoms with van der Waals surface area (Å²) in [5, 5.41) is 21.7. The molecule has 0 unspecified atom stereocenters. The number of non-ortho nitro benzene ring substituents is 2. The molecule has 0 N–H and O–H groups in total. The fraction of sp³-hybridized carbons (Fsp3) is 0.154. The zero-order valence-corrected chi connectivity index (χ0v) is 14.2. The number of amides is 1. The molecule has 2 aromatic rings. The molecule has 0 fully saturated rings. The molecule has 0 radical (unpaired) electrons. The number of benzene rings is 1. The zero-order valence-electron chi connectivity index (χ0n) is 11.8. The molecule has 10 heteroatoms. The van der Waals surface area contributed by atoms with Crippen molar-refractivity contribution in [3.05, 3.63) is 64.8 Å². The van der Waals surface area contributed by atoms with Crippen molar-refractivity contribution in [3.63, 3.8) is 0 Å². The van der Waals surface area contributed by atoms with Gasteiger partial charge in [0.2, 0.25) is 0 Å². The first-order valence-electron chi connectivity index (χ1n) is 6.21. The van der Waals surface area contributed by atoms with Gasteiger partial charge in [0.1, 0.15) is 0 Å². The number of rotatable bonds is 5. The van der Waals surface area contributed by atoms with Gasteiger partial charge < -0.3 is 4.90 Å². The highest BCUT2D eigenvalue weighted by Crippen LogP contribution is 2.26.